The third-order valence-corrected chi connectivity index (χ3v) is 3.21. The van der Waals surface area contributed by atoms with Crippen LogP contribution >= 0.6 is 0 Å². The third kappa shape index (κ3) is 1.83. The topological polar surface area (TPSA) is 21.3 Å². The Labute approximate surface area is 93.6 Å². The predicted octanol–water partition coefficient (Wildman–Crippen LogP) is 1.80. The SMILES string of the molecule is COC1(Cc2c(F)ccc(C)c2F)CNC1. The van der Waals surface area contributed by atoms with Crippen LogP contribution in [0.4, 0.5) is 8.78 Å². The molecule has 0 atom stereocenters. The molecule has 1 heterocycles. The standard InChI is InChI=1S/C12H15F2NO/c1-8-3-4-10(13)9(11(8)14)5-12(16-2)6-15-7-12/h3-4,15H,5-7H2,1-2H3. The number of ether oxygens (including phenoxy) is 1. The maximum atomic E-state index is 13.8. The van der Waals surface area contributed by atoms with Crippen molar-refractivity contribution in [2.24, 2.45) is 0 Å². The monoisotopic (exact) mass is 227 g/mol. The van der Waals surface area contributed by atoms with Crippen LogP contribution in [0.25, 0.3) is 0 Å². The van der Waals surface area contributed by atoms with Gasteiger partial charge in [-0.3, -0.25) is 0 Å². The van der Waals surface area contributed by atoms with Crippen LogP contribution in [-0.2, 0) is 11.2 Å². The normalized spacial score (nSPS) is 18.2. The molecule has 88 valence electrons. The minimum Gasteiger partial charge on any atom is -0.375 e. The van der Waals surface area contributed by atoms with Gasteiger partial charge in [-0.25, -0.2) is 8.78 Å². The maximum absolute atomic E-state index is 13.8. The Kier molecular flexibility index (Phi) is 2.95. The second kappa shape index (κ2) is 4.11. The van der Waals surface area contributed by atoms with Crippen LogP contribution in [0.5, 0.6) is 0 Å². The first-order valence-electron chi connectivity index (χ1n) is 5.27. The molecule has 0 unspecified atom stereocenters. The number of halogens is 2. The summed E-state index contributed by atoms with van der Waals surface area (Å²) < 4.78 is 32.6. The van der Waals surface area contributed by atoms with Crippen LogP contribution in [0.1, 0.15) is 11.1 Å². The number of aryl methyl sites for hydroxylation is 1. The van der Waals surface area contributed by atoms with Gasteiger partial charge >= 0.3 is 0 Å². The van der Waals surface area contributed by atoms with E-state index in [-0.39, 0.29) is 12.0 Å². The summed E-state index contributed by atoms with van der Waals surface area (Å²) >= 11 is 0. The van der Waals surface area contributed by atoms with Gasteiger partial charge in [-0.1, -0.05) is 6.07 Å². The quantitative estimate of drug-likeness (QED) is 0.850. The lowest BCUT2D eigenvalue weighted by atomic mass is 9.88. The van der Waals surface area contributed by atoms with Gasteiger partial charge in [0.2, 0.25) is 0 Å². The summed E-state index contributed by atoms with van der Waals surface area (Å²) in [5.74, 6) is -0.949. The van der Waals surface area contributed by atoms with Crippen molar-refractivity contribution >= 4 is 0 Å². The fourth-order valence-corrected chi connectivity index (χ4v) is 1.94. The highest BCUT2D eigenvalue weighted by molar-refractivity contribution is 5.28. The number of nitrogens with one attached hydrogen (secondary N) is 1. The number of hydrogen-bond acceptors (Lipinski definition) is 2. The van der Waals surface area contributed by atoms with Gasteiger partial charge < -0.3 is 10.1 Å². The summed E-state index contributed by atoms with van der Waals surface area (Å²) in [4.78, 5) is 0. The van der Waals surface area contributed by atoms with Crippen LogP contribution in [-0.4, -0.2) is 25.8 Å². The Morgan fingerprint density at radius 2 is 2.06 bits per heavy atom. The molecule has 0 spiro atoms. The summed E-state index contributed by atoms with van der Waals surface area (Å²) in [5, 5.41) is 3.06. The number of benzene rings is 1. The van der Waals surface area contributed by atoms with E-state index in [0.717, 1.165) is 0 Å². The molecule has 0 amide bonds. The molecule has 1 aliphatic rings. The van der Waals surface area contributed by atoms with Crippen molar-refractivity contribution in [1.29, 1.82) is 0 Å². The molecule has 2 nitrogen and oxygen atoms in total. The molecule has 0 radical (unpaired) electrons. The number of methoxy groups -OCH3 is 1. The van der Waals surface area contributed by atoms with E-state index < -0.39 is 17.2 Å². The molecule has 1 aliphatic heterocycles. The van der Waals surface area contributed by atoms with Crippen LogP contribution in [0.3, 0.4) is 0 Å². The zero-order valence-corrected chi connectivity index (χ0v) is 9.44. The van der Waals surface area contributed by atoms with E-state index in [4.69, 9.17) is 4.74 Å². The molecule has 4 heteroatoms. The number of rotatable bonds is 3. The summed E-state index contributed by atoms with van der Waals surface area (Å²) in [5.41, 5.74) is 0.147. The van der Waals surface area contributed by atoms with Crippen LogP contribution in [0.2, 0.25) is 0 Å². The van der Waals surface area contributed by atoms with E-state index in [9.17, 15) is 8.78 Å². The van der Waals surface area contributed by atoms with E-state index in [1.54, 1.807) is 14.0 Å². The minimum absolute atomic E-state index is 0.128. The second-order valence-corrected chi connectivity index (χ2v) is 4.32. The van der Waals surface area contributed by atoms with Crippen molar-refractivity contribution in [2.45, 2.75) is 18.9 Å². The molecule has 0 aliphatic carbocycles. The van der Waals surface area contributed by atoms with Gasteiger partial charge in [-0.05, 0) is 18.6 Å². The van der Waals surface area contributed by atoms with Gasteiger partial charge in [0, 0.05) is 32.2 Å². The Morgan fingerprint density at radius 3 is 2.56 bits per heavy atom. The Hall–Kier alpha value is -1.00. The van der Waals surface area contributed by atoms with Gasteiger partial charge in [-0.15, -0.1) is 0 Å². The van der Waals surface area contributed by atoms with Gasteiger partial charge in [0.25, 0.3) is 0 Å². The second-order valence-electron chi connectivity index (χ2n) is 4.32. The van der Waals surface area contributed by atoms with Crippen molar-refractivity contribution in [3.8, 4) is 0 Å². The summed E-state index contributed by atoms with van der Waals surface area (Å²) in [6.45, 7) is 2.91. The van der Waals surface area contributed by atoms with Crippen molar-refractivity contribution in [1.82, 2.24) is 5.32 Å². The number of hydrogen-bond donors (Lipinski definition) is 1. The Morgan fingerprint density at radius 1 is 1.38 bits per heavy atom. The minimum atomic E-state index is -0.494. The molecule has 2 rings (SSSR count). The maximum Gasteiger partial charge on any atom is 0.132 e. The highest BCUT2D eigenvalue weighted by Crippen LogP contribution is 2.26. The Bertz CT molecular complexity index is 397. The summed E-state index contributed by atoms with van der Waals surface area (Å²) in [6.07, 6.45) is 0.274. The molecule has 1 N–H and O–H groups in total. The highest BCUT2D eigenvalue weighted by atomic mass is 19.1. The largest absolute Gasteiger partial charge is 0.375 e. The van der Waals surface area contributed by atoms with E-state index in [0.29, 0.717) is 18.7 Å². The summed E-state index contributed by atoms with van der Waals surface area (Å²) in [7, 11) is 1.58. The lowest BCUT2D eigenvalue weighted by molar-refractivity contribution is -0.0512. The van der Waals surface area contributed by atoms with Crippen molar-refractivity contribution < 1.29 is 13.5 Å². The van der Waals surface area contributed by atoms with Gasteiger partial charge in [-0.2, -0.15) is 0 Å². The van der Waals surface area contributed by atoms with E-state index in [1.165, 1.54) is 12.1 Å². The molecule has 1 saturated heterocycles. The van der Waals surface area contributed by atoms with Gasteiger partial charge in [0.15, 0.2) is 0 Å². The smallest absolute Gasteiger partial charge is 0.132 e. The summed E-state index contributed by atoms with van der Waals surface area (Å²) in [6, 6.07) is 2.76. The van der Waals surface area contributed by atoms with Crippen LogP contribution in [0, 0.1) is 18.6 Å². The zero-order valence-electron chi connectivity index (χ0n) is 9.44. The van der Waals surface area contributed by atoms with Gasteiger partial charge in [0.1, 0.15) is 11.6 Å². The third-order valence-electron chi connectivity index (χ3n) is 3.21. The Balaban J connectivity index is 2.30. The first-order chi connectivity index (χ1) is 7.58. The van der Waals surface area contributed by atoms with Crippen LogP contribution in [0.15, 0.2) is 12.1 Å². The molecule has 1 aromatic carbocycles. The fourth-order valence-electron chi connectivity index (χ4n) is 1.94. The average molecular weight is 227 g/mol. The predicted molar refractivity (Wildman–Crippen MR) is 57.4 cm³/mol. The first-order valence-corrected chi connectivity index (χ1v) is 5.27. The van der Waals surface area contributed by atoms with Crippen LogP contribution < -0.4 is 5.32 Å². The molecule has 0 bridgehead atoms. The molecule has 16 heavy (non-hydrogen) atoms. The van der Waals surface area contributed by atoms with Crippen molar-refractivity contribution in [3.05, 3.63) is 34.9 Å². The molecule has 1 fully saturated rings. The lowest BCUT2D eigenvalue weighted by Crippen LogP contribution is -2.62. The highest BCUT2D eigenvalue weighted by Gasteiger charge is 2.38. The van der Waals surface area contributed by atoms with Crippen molar-refractivity contribution in [2.75, 3.05) is 20.2 Å². The van der Waals surface area contributed by atoms with E-state index in [1.807, 2.05) is 0 Å². The molecule has 0 aromatic heterocycles. The molecule has 0 saturated carbocycles. The first kappa shape index (κ1) is 11.5. The van der Waals surface area contributed by atoms with Gasteiger partial charge in [0.05, 0.1) is 5.60 Å². The fraction of sp³-hybridized carbons (Fsp3) is 0.500. The zero-order chi connectivity index (χ0) is 11.8. The van der Waals surface area contributed by atoms with Crippen molar-refractivity contribution in [3.63, 3.8) is 0 Å². The van der Waals surface area contributed by atoms with E-state index >= 15 is 0 Å². The molecule has 1 aromatic rings. The molecular weight excluding hydrogens is 212 g/mol. The van der Waals surface area contributed by atoms with E-state index in [2.05, 4.69) is 5.32 Å². The average Bonchev–Trinajstić information content (AvgIpc) is 2.22. The molecular formula is C12H15F2NO. The lowest BCUT2D eigenvalue weighted by Gasteiger charge is -2.41.